The number of hydrogen-bond donors (Lipinski definition) is 4. The standard InChI is InChI=1S/C24H30N2O4/c1-2-9-20(24(30)26-22(17-28)19-12-7-4-8-13-19)15-23(29)25-21(16-27)14-18-10-5-3-6-11-18/h2-8,10-13,20-22,27-28H,1,9,14-17H2,(H,25,29)(H,26,30)/t20-,21-,22-/m0/s1. The van der Waals surface area contributed by atoms with E-state index in [1.165, 1.54) is 0 Å². The van der Waals surface area contributed by atoms with Crippen molar-refractivity contribution >= 4 is 11.8 Å². The van der Waals surface area contributed by atoms with Crippen molar-refractivity contribution in [1.29, 1.82) is 0 Å². The normalized spacial score (nSPS) is 13.7. The Morgan fingerprint density at radius 3 is 2.13 bits per heavy atom. The molecule has 0 bridgehead atoms. The van der Waals surface area contributed by atoms with Crippen molar-refractivity contribution < 1.29 is 19.8 Å². The zero-order valence-electron chi connectivity index (χ0n) is 17.0. The first-order valence-corrected chi connectivity index (χ1v) is 10.1. The van der Waals surface area contributed by atoms with Crippen molar-refractivity contribution in [2.75, 3.05) is 13.2 Å². The third-order valence-electron chi connectivity index (χ3n) is 4.87. The number of amides is 2. The van der Waals surface area contributed by atoms with E-state index in [9.17, 15) is 19.8 Å². The van der Waals surface area contributed by atoms with E-state index in [4.69, 9.17) is 0 Å². The van der Waals surface area contributed by atoms with E-state index in [1.807, 2.05) is 60.7 Å². The molecule has 0 fully saturated rings. The average Bonchev–Trinajstić information content (AvgIpc) is 2.77. The molecule has 0 saturated heterocycles. The third kappa shape index (κ3) is 7.46. The van der Waals surface area contributed by atoms with Crippen LogP contribution in [0.5, 0.6) is 0 Å². The van der Waals surface area contributed by atoms with Crippen LogP contribution in [0.1, 0.15) is 30.0 Å². The van der Waals surface area contributed by atoms with Gasteiger partial charge in [-0.3, -0.25) is 9.59 Å². The summed E-state index contributed by atoms with van der Waals surface area (Å²) < 4.78 is 0. The van der Waals surface area contributed by atoms with Gasteiger partial charge in [0.05, 0.1) is 31.2 Å². The zero-order chi connectivity index (χ0) is 21.8. The van der Waals surface area contributed by atoms with Crippen LogP contribution in [-0.4, -0.2) is 41.3 Å². The Labute approximate surface area is 177 Å². The Morgan fingerprint density at radius 2 is 1.57 bits per heavy atom. The number of aliphatic hydroxyl groups is 2. The van der Waals surface area contributed by atoms with Crippen molar-refractivity contribution in [1.82, 2.24) is 10.6 Å². The fourth-order valence-corrected chi connectivity index (χ4v) is 3.26. The molecule has 4 N–H and O–H groups in total. The average molecular weight is 411 g/mol. The Kier molecular flexibility index (Phi) is 9.77. The predicted octanol–water partition coefficient (Wildman–Crippen LogP) is 2.14. The molecule has 160 valence electrons. The van der Waals surface area contributed by atoms with Gasteiger partial charge in [0, 0.05) is 6.42 Å². The second-order valence-electron chi connectivity index (χ2n) is 7.22. The van der Waals surface area contributed by atoms with E-state index in [0.29, 0.717) is 12.8 Å². The molecule has 3 atom stereocenters. The molecule has 0 aliphatic heterocycles. The summed E-state index contributed by atoms with van der Waals surface area (Å²) >= 11 is 0. The van der Waals surface area contributed by atoms with Gasteiger partial charge in [0.1, 0.15) is 0 Å². The Morgan fingerprint density at radius 1 is 0.933 bits per heavy atom. The summed E-state index contributed by atoms with van der Waals surface area (Å²) in [5, 5.41) is 24.9. The number of carbonyl (C=O) groups is 2. The minimum atomic E-state index is -0.615. The van der Waals surface area contributed by atoms with Crippen LogP contribution in [0, 0.1) is 5.92 Å². The van der Waals surface area contributed by atoms with Gasteiger partial charge in [-0.15, -0.1) is 6.58 Å². The molecule has 2 rings (SSSR count). The van der Waals surface area contributed by atoms with Crippen LogP contribution >= 0.6 is 0 Å². The molecule has 2 amide bonds. The lowest BCUT2D eigenvalue weighted by atomic mass is 9.98. The van der Waals surface area contributed by atoms with Gasteiger partial charge in [0.2, 0.25) is 11.8 Å². The second kappa shape index (κ2) is 12.6. The van der Waals surface area contributed by atoms with Crippen molar-refractivity contribution in [2.24, 2.45) is 5.92 Å². The molecule has 30 heavy (non-hydrogen) atoms. The SMILES string of the molecule is C=CC[C@@H](CC(=O)N[C@H](CO)Cc1ccccc1)C(=O)N[C@@H](CO)c1ccccc1. The zero-order valence-corrected chi connectivity index (χ0v) is 17.0. The molecule has 0 aromatic heterocycles. The monoisotopic (exact) mass is 410 g/mol. The minimum absolute atomic E-state index is 0.0317. The molecule has 2 aromatic carbocycles. The highest BCUT2D eigenvalue weighted by Crippen LogP contribution is 2.16. The Hall–Kier alpha value is -2.96. The molecule has 0 radical (unpaired) electrons. The van der Waals surface area contributed by atoms with Gasteiger partial charge in [-0.1, -0.05) is 66.7 Å². The largest absolute Gasteiger partial charge is 0.394 e. The summed E-state index contributed by atoms with van der Waals surface area (Å²) in [5.41, 5.74) is 1.80. The van der Waals surface area contributed by atoms with Gasteiger partial charge in [0.15, 0.2) is 0 Å². The first-order valence-electron chi connectivity index (χ1n) is 10.1. The third-order valence-corrected chi connectivity index (χ3v) is 4.87. The molecule has 6 heteroatoms. The summed E-state index contributed by atoms with van der Waals surface area (Å²) in [4.78, 5) is 25.3. The van der Waals surface area contributed by atoms with Gasteiger partial charge >= 0.3 is 0 Å². The van der Waals surface area contributed by atoms with Crippen LogP contribution in [-0.2, 0) is 16.0 Å². The number of rotatable bonds is 12. The van der Waals surface area contributed by atoms with Crippen molar-refractivity contribution in [2.45, 2.75) is 31.3 Å². The maximum Gasteiger partial charge on any atom is 0.224 e. The lowest BCUT2D eigenvalue weighted by Crippen LogP contribution is -2.42. The molecule has 0 aliphatic carbocycles. The summed E-state index contributed by atoms with van der Waals surface area (Å²) in [6.45, 7) is 3.24. The first kappa shape index (κ1) is 23.3. The number of hydrogen-bond acceptors (Lipinski definition) is 4. The number of carbonyl (C=O) groups excluding carboxylic acids is 2. The van der Waals surface area contributed by atoms with Gasteiger partial charge in [0.25, 0.3) is 0 Å². The highest BCUT2D eigenvalue weighted by atomic mass is 16.3. The number of allylic oxidation sites excluding steroid dienone is 1. The number of benzene rings is 2. The van der Waals surface area contributed by atoms with Crippen LogP contribution in [0.3, 0.4) is 0 Å². The van der Waals surface area contributed by atoms with Crippen LogP contribution in [0.4, 0.5) is 0 Å². The second-order valence-corrected chi connectivity index (χ2v) is 7.22. The molecule has 0 spiro atoms. The summed E-state index contributed by atoms with van der Waals surface area (Å²) in [5.74, 6) is -1.25. The Balaban J connectivity index is 1.96. The fraction of sp³-hybridized carbons (Fsp3) is 0.333. The molecule has 2 aromatic rings. The van der Waals surface area contributed by atoms with Crippen molar-refractivity contribution in [3.63, 3.8) is 0 Å². The molecule has 6 nitrogen and oxygen atoms in total. The smallest absolute Gasteiger partial charge is 0.224 e. The van der Waals surface area contributed by atoms with E-state index >= 15 is 0 Å². The highest BCUT2D eigenvalue weighted by Gasteiger charge is 2.24. The predicted molar refractivity (Wildman–Crippen MR) is 116 cm³/mol. The number of aliphatic hydroxyl groups excluding tert-OH is 2. The summed E-state index contributed by atoms with van der Waals surface area (Å²) in [6, 6.07) is 17.8. The van der Waals surface area contributed by atoms with Gasteiger partial charge in [-0.2, -0.15) is 0 Å². The number of nitrogens with one attached hydrogen (secondary N) is 2. The van der Waals surface area contributed by atoms with E-state index in [2.05, 4.69) is 17.2 Å². The Bertz CT molecular complexity index is 795. The van der Waals surface area contributed by atoms with Gasteiger partial charge in [-0.25, -0.2) is 0 Å². The first-order chi connectivity index (χ1) is 14.6. The molecule has 0 aliphatic rings. The fourth-order valence-electron chi connectivity index (χ4n) is 3.26. The van der Waals surface area contributed by atoms with Crippen LogP contribution < -0.4 is 10.6 Å². The lowest BCUT2D eigenvalue weighted by Gasteiger charge is -2.22. The van der Waals surface area contributed by atoms with E-state index in [0.717, 1.165) is 11.1 Å². The molecule has 0 unspecified atom stereocenters. The molecule has 0 saturated carbocycles. The molecular formula is C24H30N2O4. The molecular weight excluding hydrogens is 380 g/mol. The van der Waals surface area contributed by atoms with Crippen LogP contribution in [0.15, 0.2) is 73.3 Å². The van der Waals surface area contributed by atoms with Gasteiger partial charge in [-0.05, 0) is 24.0 Å². The quantitative estimate of drug-likeness (QED) is 0.403. The van der Waals surface area contributed by atoms with E-state index in [-0.39, 0.29) is 31.4 Å². The van der Waals surface area contributed by atoms with Crippen LogP contribution in [0.25, 0.3) is 0 Å². The lowest BCUT2D eigenvalue weighted by molar-refractivity contribution is -0.131. The minimum Gasteiger partial charge on any atom is -0.394 e. The maximum atomic E-state index is 12.8. The van der Waals surface area contributed by atoms with E-state index in [1.54, 1.807) is 6.08 Å². The topological polar surface area (TPSA) is 98.7 Å². The molecule has 0 heterocycles. The summed E-state index contributed by atoms with van der Waals surface area (Å²) in [7, 11) is 0. The highest BCUT2D eigenvalue weighted by molar-refractivity contribution is 5.86. The van der Waals surface area contributed by atoms with E-state index < -0.39 is 18.0 Å². The van der Waals surface area contributed by atoms with Crippen molar-refractivity contribution in [3.05, 3.63) is 84.4 Å². The van der Waals surface area contributed by atoms with Gasteiger partial charge < -0.3 is 20.8 Å². The van der Waals surface area contributed by atoms with Crippen molar-refractivity contribution in [3.8, 4) is 0 Å². The van der Waals surface area contributed by atoms with Crippen LogP contribution in [0.2, 0.25) is 0 Å². The maximum absolute atomic E-state index is 12.8. The summed E-state index contributed by atoms with van der Waals surface area (Å²) in [6.07, 6.45) is 2.40.